The van der Waals surface area contributed by atoms with Gasteiger partial charge in [0, 0.05) is 26.4 Å². The Balaban J connectivity index is 1.25. The molecule has 0 N–H and O–H groups in total. The Labute approximate surface area is 150 Å². The van der Waals surface area contributed by atoms with Gasteiger partial charge in [-0.25, -0.2) is 0 Å². The molecule has 0 aromatic rings. The van der Waals surface area contributed by atoms with E-state index in [1.165, 1.54) is 89.9 Å². The van der Waals surface area contributed by atoms with E-state index >= 15 is 0 Å². The van der Waals surface area contributed by atoms with Crippen LogP contribution in [0, 0.1) is 23.7 Å². The summed E-state index contributed by atoms with van der Waals surface area (Å²) in [5.74, 6) is 3.31. The second kappa shape index (κ2) is 10.8. The largest absolute Gasteiger partial charge is 0.381 e. The highest BCUT2D eigenvalue weighted by Gasteiger charge is 2.23. The van der Waals surface area contributed by atoms with Crippen LogP contribution in [0.15, 0.2) is 0 Å². The Morgan fingerprint density at radius 1 is 0.417 bits per heavy atom. The van der Waals surface area contributed by atoms with Crippen LogP contribution in [-0.4, -0.2) is 26.4 Å². The fourth-order valence-electron chi connectivity index (χ4n) is 5.22. The standard InChI is InChI=1S/C22H40O2/c1-3-8-19(9-4-1)15-23-17-21-12-7-13-22(14-21)18-24-16-20-10-5-2-6-11-20/h19-22H,1-18H2. The summed E-state index contributed by atoms with van der Waals surface area (Å²) in [6.45, 7) is 4.07. The van der Waals surface area contributed by atoms with Gasteiger partial charge < -0.3 is 9.47 Å². The lowest BCUT2D eigenvalue weighted by molar-refractivity contribution is 0.0169. The third-order valence-corrected chi connectivity index (χ3v) is 6.76. The van der Waals surface area contributed by atoms with Gasteiger partial charge in [-0.1, -0.05) is 44.9 Å². The van der Waals surface area contributed by atoms with Crippen LogP contribution >= 0.6 is 0 Å². The summed E-state index contributed by atoms with van der Waals surface area (Å²) in [6, 6.07) is 0. The predicted octanol–water partition coefficient (Wildman–Crippen LogP) is 5.99. The van der Waals surface area contributed by atoms with E-state index in [4.69, 9.17) is 9.47 Å². The molecular formula is C22H40O2. The van der Waals surface area contributed by atoms with E-state index in [0.717, 1.165) is 50.1 Å². The quantitative estimate of drug-likeness (QED) is 0.542. The van der Waals surface area contributed by atoms with Crippen LogP contribution in [0.3, 0.4) is 0 Å². The summed E-state index contributed by atoms with van der Waals surface area (Å²) in [5.41, 5.74) is 0. The highest BCUT2D eigenvalue weighted by Crippen LogP contribution is 2.31. The zero-order valence-corrected chi connectivity index (χ0v) is 15.9. The third-order valence-electron chi connectivity index (χ3n) is 6.76. The lowest BCUT2D eigenvalue weighted by Crippen LogP contribution is -2.25. The van der Waals surface area contributed by atoms with Crippen LogP contribution < -0.4 is 0 Å². The van der Waals surface area contributed by atoms with Gasteiger partial charge in [0.1, 0.15) is 0 Å². The molecule has 0 aromatic carbocycles. The van der Waals surface area contributed by atoms with E-state index in [-0.39, 0.29) is 0 Å². The van der Waals surface area contributed by atoms with E-state index in [1.807, 2.05) is 0 Å². The predicted molar refractivity (Wildman–Crippen MR) is 100 cm³/mol. The second-order valence-corrected chi connectivity index (χ2v) is 8.98. The molecule has 3 aliphatic carbocycles. The van der Waals surface area contributed by atoms with Gasteiger partial charge in [0.2, 0.25) is 0 Å². The van der Waals surface area contributed by atoms with Crippen LogP contribution in [-0.2, 0) is 9.47 Å². The average Bonchev–Trinajstić information content (AvgIpc) is 2.64. The zero-order chi connectivity index (χ0) is 16.5. The molecule has 140 valence electrons. The zero-order valence-electron chi connectivity index (χ0n) is 15.9. The lowest BCUT2D eigenvalue weighted by Gasteiger charge is -2.30. The van der Waals surface area contributed by atoms with Crippen molar-refractivity contribution in [3.8, 4) is 0 Å². The molecule has 2 unspecified atom stereocenters. The molecule has 24 heavy (non-hydrogen) atoms. The number of hydrogen-bond donors (Lipinski definition) is 0. The van der Waals surface area contributed by atoms with Gasteiger partial charge in [0.05, 0.1) is 0 Å². The molecule has 0 spiro atoms. The van der Waals surface area contributed by atoms with Crippen LogP contribution in [0.2, 0.25) is 0 Å². The first kappa shape index (κ1) is 18.7. The van der Waals surface area contributed by atoms with E-state index in [1.54, 1.807) is 0 Å². The van der Waals surface area contributed by atoms with Crippen molar-refractivity contribution in [2.24, 2.45) is 23.7 Å². The van der Waals surface area contributed by atoms with Crippen molar-refractivity contribution in [1.82, 2.24) is 0 Å². The lowest BCUT2D eigenvalue weighted by atomic mass is 9.82. The number of ether oxygens (including phenoxy) is 2. The van der Waals surface area contributed by atoms with E-state index < -0.39 is 0 Å². The van der Waals surface area contributed by atoms with Gasteiger partial charge in [0.25, 0.3) is 0 Å². The summed E-state index contributed by atoms with van der Waals surface area (Å²) in [6.07, 6.45) is 19.7. The molecule has 2 heteroatoms. The highest BCUT2D eigenvalue weighted by atomic mass is 16.5. The molecule has 3 saturated carbocycles. The maximum absolute atomic E-state index is 6.12. The van der Waals surface area contributed by atoms with E-state index in [9.17, 15) is 0 Å². The SMILES string of the molecule is C1CCC(COCC2CCCC(COCC3CCCCC3)C2)CC1. The first-order valence-corrected chi connectivity index (χ1v) is 11.1. The molecule has 3 aliphatic rings. The Morgan fingerprint density at radius 3 is 1.25 bits per heavy atom. The molecule has 0 radical (unpaired) electrons. The molecule has 2 atom stereocenters. The Kier molecular flexibility index (Phi) is 8.42. The summed E-state index contributed by atoms with van der Waals surface area (Å²) in [5, 5.41) is 0. The van der Waals surface area contributed by atoms with Crippen LogP contribution in [0.25, 0.3) is 0 Å². The van der Waals surface area contributed by atoms with Gasteiger partial charge in [-0.3, -0.25) is 0 Å². The van der Waals surface area contributed by atoms with Gasteiger partial charge in [0.15, 0.2) is 0 Å². The smallest absolute Gasteiger partial charge is 0.0494 e. The summed E-state index contributed by atoms with van der Waals surface area (Å²) in [4.78, 5) is 0. The molecule has 0 saturated heterocycles. The molecule has 3 rings (SSSR count). The molecular weight excluding hydrogens is 296 g/mol. The maximum atomic E-state index is 6.12. The van der Waals surface area contributed by atoms with Gasteiger partial charge >= 0.3 is 0 Å². The molecule has 0 aromatic heterocycles. The number of rotatable bonds is 8. The Hall–Kier alpha value is -0.0800. The van der Waals surface area contributed by atoms with Crippen LogP contribution in [0.1, 0.15) is 89.9 Å². The summed E-state index contributed by atoms with van der Waals surface area (Å²) < 4.78 is 12.2. The minimum Gasteiger partial charge on any atom is -0.381 e. The first-order chi connectivity index (χ1) is 11.9. The van der Waals surface area contributed by atoms with E-state index in [0.29, 0.717) is 0 Å². The molecule has 0 heterocycles. The maximum Gasteiger partial charge on any atom is 0.0494 e. The second-order valence-electron chi connectivity index (χ2n) is 8.98. The van der Waals surface area contributed by atoms with Crippen molar-refractivity contribution in [3.05, 3.63) is 0 Å². The Morgan fingerprint density at radius 2 is 0.792 bits per heavy atom. The topological polar surface area (TPSA) is 18.5 Å². The molecule has 0 amide bonds. The fourth-order valence-corrected chi connectivity index (χ4v) is 5.22. The molecule has 0 aliphatic heterocycles. The van der Waals surface area contributed by atoms with Crippen molar-refractivity contribution >= 4 is 0 Å². The first-order valence-electron chi connectivity index (χ1n) is 11.1. The minimum atomic E-state index is 0.797. The molecule has 3 fully saturated rings. The van der Waals surface area contributed by atoms with Crippen molar-refractivity contribution in [1.29, 1.82) is 0 Å². The average molecular weight is 337 g/mol. The van der Waals surface area contributed by atoms with Gasteiger partial charge in [-0.05, 0) is 68.6 Å². The van der Waals surface area contributed by atoms with Crippen LogP contribution in [0.4, 0.5) is 0 Å². The minimum absolute atomic E-state index is 0.797. The number of hydrogen-bond acceptors (Lipinski definition) is 2. The van der Waals surface area contributed by atoms with Gasteiger partial charge in [-0.15, -0.1) is 0 Å². The van der Waals surface area contributed by atoms with Crippen molar-refractivity contribution in [3.63, 3.8) is 0 Å². The van der Waals surface area contributed by atoms with Crippen LogP contribution in [0.5, 0.6) is 0 Å². The van der Waals surface area contributed by atoms with Crippen molar-refractivity contribution in [2.45, 2.75) is 89.9 Å². The van der Waals surface area contributed by atoms with Crippen molar-refractivity contribution in [2.75, 3.05) is 26.4 Å². The highest BCUT2D eigenvalue weighted by molar-refractivity contribution is 4.74. The van der Waals surface area contributed by atoms with E-state index in [2.05, 4.69) is 0 Å². The van der Waals surface area contributed by atoms with Crippen molar-refractivity contribution < 1.29 is 9.47 Å². The fraction of sp³-hybridized carbons (Fsp3) is 1.00. The molecule has 0 bridgehead atoms. The summed E-state index contributed by atoms with van der Waals surface area (Å²) in [7, 11) is 0. The monoisotopic (exact) mass is 336 g/mol. The third kappa shape index (κ3) is 6.67. The molecule has 2 nitrogen and oxygen atoms in total. The normalized spacial score (nSPS) is 30.5. The summed E-state index contributed by atoms with van der Waals surface area (Å²) >= 11 is 0. The Bertz CT molecular complexity index is 288. The van der Waals surface area contributed by atoms with Gasteiger partial charge in [-0.2, -0.15) is 0 Å².